The lowest BCUT2D eigenvalue weighted by atomic mass is 10.3. The van der Waals surface area contributed by atoms with Gasteiger partial charge in [-0.15, -0.1) is 0 Å². The van der Waals surface area contributed by atoms with Crippen LogP contribution in [0, 0.1) is 0 Å². The van der Waals surface area contributed by atoms with Crippen LogP contribution in [0.25, 0.3) is 0 Å². The molecule has 0 saturated heterocycles. The molecular formula is C13H25O4P. The first-order chi connectivity index (χ1) is 8.03. The van der Waals surface area contributed by atoms with Gasteiger partial charge in [0.1, 0.15) is 5.29 Å². The molecule has 0 rings (SSSR count). The third kappa shape index (κ3) is 2.97. The third-order valence-corrected chi connectivity index (χ3v) is 9.80. The largest absolute Gasteiger partial charge is 0.465 e. The minimum atomic E-state index is -2.01. The van der Waals surface area contributed by atoms with Crippen LogP contribution in [-0.2, 0) is 19.1 Å². The zero-order chi connectivity index (χ0) is 14.7. The predicted octanol–water partition coefficient (Wildman–Crippen LogP) is 2.36. The fourth-order valence-electron chi connectivity index (χ4n) is 2.02. The zero-order valence-corrected chi connectivity index (χ0v) is 13.6. The van der Waals surface area contributed by atoms with Gasteiger partial charge >= 0.3 is 11.9 Å². The molecule has 0 N–H and O–H groups in total. The topological polar surface area (TPSA) is 52.6 Å². The van der Waals surface area contributed by atoms with E-state index in [-0.39, 0.29) is 16.1 Å². The smallest absolute Gasteiger partial charge is 0.345 e. The van der Waals surface area contributed by atoms with Gasteiger partial charge in [0.15, 0.2) is 0 Å². The molecule has 0 radical (unpaired) electrons. The minimum absolute atomic E-state index is 0.168. The van der Waals surface area contributed by atoms with Crippen molar-refractivity contribution >= 4 is 24.1 Å². The SMILES string of the molecule is COC(=O)C(C(=O)OC)=P(C)(C(C)C)C(C)(C)C. The molecule has 0 spiro atoms. The molecule has 0 aliphatic rings. The fourth-order valence-corrected chi connectivity index (χ4v) is 5.70. The molecule has 18 heavy (non-hydrogen) atoms. The highest BCUT2D eigenvalue weighted by molar-refractivity contribution is 7.80. The summed E-state index contributed by atoms with van der Waals surface area (Å²) in [5.41, 5.74) is 0.200. The summed E-state index contributed by atoms with van der Waals surface area (Å²) in [6.45, 7) is 10.2. The van der Waals surface area contributed by atoms with E-state index in [9.17, 15) is 9.59 Å². The van der Waals surface area contributed by atoms with Crippen molar-refractivity contribution in [3.05, 3.63) is 0 Å². The van der Waals surface area contributed by atoms with Gasteiger partial charge in [0.2, 0.25) is 0 Å². The summed E-state index contributed by atoms with van der Waals surface area (Å²) in [5.74, 6) is -1.14. The van der Waals surface area contributed by atoms with Crippen LogP contribution in [0.4, 0.5) is 0 Å². The van der Waals surface area contributed by atoms with Gasteiger partial charge in [-0.2, -0.15) is 0 Å². The Morgan fingerprint density at radius 3 is 1.50 bits per heavy atom. The highest BCUT2D eigenvalue weighted by Crippen LogP contribution is 2.61. The summed E-state index contributed by atoms with van der Waals surface area (Å²) in [4.78, 5) is 24.0. The Kier molecular flexibility index (Phi) is 5.67. The summed E-state index contributed by atoms with van der Waals surface area (Å²) >= 11 is 0. The van der Waals surface area contributed by atoms with Crippen LogP contribution in [0.15, 0.2) is 0 Å². The summed E-state index contributed by atoms with van der Waals surface area (Å²) < 4.78 is 9.56. The lowest BCUT2D eigenvalue weighted by Gasteiger charge is -2.40. The van der Waals surface area contributed by atoms with Crippen LogP contribution < -0.4 is 0 Å². The van der Waals surface area contributed by atoms with E-state index in [0.29, 0.717) is 0 Å². The number of ether oxygens (including phenoxy) is 2. The monoisotopic (exact) mass is 276 g/mol. The highest BCUT2D eigenvalue weighted by Gasteiger charge is 2.40. The van der Waals surface area contributed by atoms with Crippen molar-refractivity contribution in [2.45, 2.75) is 45.4 Å². The maximum Gasteiger partial charge on any atom is 0.345 e. The number of methoxy groups -OCH3 is 2. The number of hydrogen-bond acceptors (Lipinski definition) is 4. The first-order valence-electron chi connectivity index (χ1n) is 5.94. The van der Waals surface area contributed by atoms with Crippen LogP contribution in [-0.4, -0.2) is 48.9 Å². The zero-order valence-electron chi connectivity index (χ0n) is 12.7. The lowest BCUT2D eigenvalue weighted by Crippen LogP contribution is -2.35. The minimum Gasteiger partial charge on any atom is -0.465 e. The Balaban J connectivity index is 6.41. The van der Waals surface area contributed by atoms with E-state index >= 15 is 0 Å². The fraction of sp³-hybridized carbons (Fsp3) is 0.769. The Labute approximate surface area is 110 Å². The number of hydrogen-bond donors (Lipinski definition) is 0. The quantitative estimate of drug-likeness (QED) is 0.451. The Morgan fingerprint density at radius 1 is 1.00 bits per heavy atom. The molecule has 0 aliphatic carbocycles. The van der Waals surface area contributed by atoms with E-state index < -0.39 is 18.8 Å². The molecule has 106 valence electrons. The molecule has 4 nitrogen and oxygen atoms in total. The van der Waals surface area contributed by atoms with Gasteiger partial charge < -0.3 is 9.47 Å². The van der Waals surface area contributed by atoms with Crippen molar-refractivity contribution in [2.24, 2.45) is 0 Å². The van der Waals surface area contributed by atoms with E-state index in [1.165, 1.54) is 14.2 Å². The van der Waals surface area contributed by atoms with Crippen molar-refractivity contribution in [3.63, 3.8) is 0 Å². The number of carbonyl (C=O) groups excluding carboxylic acids is 2. The second-order valence-corrected chi connectivity index (χ2v) is 10.6. The molecule has 0 heterocycles. The Morgan fingerprint density at radius 2 is 1.33 bits per heavy atom. The molecule has 0 saturated carbocycles. The molecule has 0 aromatic carbocycles. The molecule has 0 aromatic rings. The molecular weight excluding hydrogens is 251 g/mol. The van der Waals surface area contributed by atoms with E-state index in [4.69, 9.17) is 9.47 Å². The van der Waals surface area contributed by atoms with Crippen molar-refractivity contribution in [1.82, 2.24) is 0 Å². The van der Waals surface area contributed by atoms with Gasteiger partial charge in [-0.1, -0.05) is 41.5 Å². The number of carbonyl (C=O) groups is 2. The number of esters is 2. The molecule has 1 atom stereocenters. The first-order valence-corrected chi connectivity index (χ1v) is 8.25. The van der Waals surface area contributed by atoms with E-state index in [0.717, 1.165) is 0 Å². The molecule has 0 aliphatic heterocycles. The molecule has 0 aromatic heterocycles. The summed E-state index contributed by atoms with van der Waals surface area (Å²) in [6, 6.07) is 0. The first kappa shape index (κ1) is 17.2. The summed E-state index contributed by atoms with van der Waals surface area (Å²) in [5, 5.41) is 0.0220. The average Bonchev–Trinajstić information content (AvgIpc) is 2.26. The molecule has 0 bridgehead atoms. The van der Waals surface area contributed by atoms with E-state index in [1.807, 2.05) is 41.3 Å². The Bertz CT molecular complexity index is 370. The molecule has 0 amide bonds. The van der Waals surface area contributed by atoms with Crippen molar-refractivity contribution in [1.29, 1.82) is 0 Å². The molecule has 5 heteroatoms. The van der Waals surface area contributed by atoms with Crippen LogP contribution in [0.5, 0.6) is 0 Å². The van der Waals surface area contributed by atoms with Gasteiger partial charge in [0, 0.05) is 0 Å². The van der Waals surface area contributed by atoms with Gasteiger partial charge in [-0.3, -0.25) is 0 Å². The maximum atomic E-state index is 12.0. The molecule has 0 fully saturated rings. The third-order valence-electron chi connectivity index (χ3n) is 3.65. The predicted molar refractivity (Wildman–Crippen MR) is 76.8 cm³/mol. The van der Waals surface area contributed by atoms with Crippen LogP contribution in [0.2, 0.25) is 0 Å². The van der Waals surface area contributed by atoms with Gasteiger partial charge in [0.05, 0.1) is 14.2 Å². The van der Waals surface area contributed by atoms with E-state index in [2.05, 4.69) is 0 Å². The maximum absolute atomic E-state index is 12.0. The van der Waals surface area contributed by atoms with Crippen molar-refractivity contribution in [3.8, 4) is 0 Å². The van der Waals surface area contributed by atoms with Crippen molar-refractivity contribution in [2.75, 3.05) is 20.9 Å². The van der Waals surface area contributed by atoms with Crippen molar-refractivity contribution < 1.29 is 19.1 Å². The second kappa shape index (κ2) is 5.92. The Hall–Kier alpha value is -0.760. The standard InChI is InChI=1S/C13H25O4P/c1-9(2)18(8,13(3,4)5)10(11(14)16-6)12(15)17-7/h9H,1-8H3. The summed E-state index contributed by atoms with van der Waals surface area (Å²) in [7, 11) is 2.58. The second-order valence-electron chi connectivity index (χ2n) is 5.67. The normalized spacial score (nSPS) is 14.9. The summed E-state index contributed by atoms with van der Waals surface area (Å²) in [6.07, 6.45) is 0. The lowest BCUT2D eigenvalue weighted by molar-refractivity contribution is -0.137. The van der Waals surface area contributed by atoms with Gasteiger partial charge in [0.25, 0.3) is 0 Å². The molecule has 1 unspecified atom stereocenters. The van der Waals surface area contributed by atoms with Gasteiger partial charge in [-0.05, 0) is 17.5 Å². The average molecular weight is 276 g/mol. The van der Waals surface area contributed by atoms with Gasteiger partial charge in [-0.25, -0.2) is 9.59 Å². The highest BCUT2D eigenvalue weighted by atomic mass is 31.2. The van der Waals surface area contributed by atoms with E-state index in [1.54, 1.807) is 0 Å². The number of rotatable bonds is 3. The van der Waals surface area contributed by atoms with Crippen LogP contribution in [0.3, 0.4) is 0 Å². The van der Waals surface area contributed by atoms with Crippen LogP contribution in [0.1, 0.15) is 34.6 Å². The van der Waals surface area contributed by atoms with Crippen LogP contribution >= 0.6 is 6.89 Å².